The fourth-order valence-corrected chi connectivity index (χ4v) is 12.6. The van der Waals surface area contributed by atoms with Crippen LogP contribution in [0.5, 0.6) is 0 Å². The third-order valence-electron chi connectivity index (χ3n) is 18.6. The van der Waals surface area contributed by atoms with Gasteiger partial charge in [-0.25, -0.2) is 0 Å². The van der Waals surface area contributed by atoms with Crippen LogP contribution in [0.25, 0.3) is 0 Å². The first-order chi connectivity index (χ1) is 41.1. The van der Waals surface area contributed by atoms with Crippen molar-refractivity contribution in [2.45, 2.75) is 449 Å². The second-order valence-corrected chi connectivity index (χ2v) is 26.7. The molecule has 84 heavy (non-hydrogen) atoms. The smallest absolute Gasteiger partial charge is 0.119 e. The molecule has 6 nitrogen and oxygen atoms in total. The van der Waals surface area contributed by atoms with Gasteiger partial charge in [-0.1, -0.05) is 333 Å². The third-order valence-corrected chi connectivity index (χ3v) is 18.6. The van der Waals surface area contributed by atoms with Gasteiger partial charge >= 0.3 is 0 Å². The van der Waals surface area contributed by atoms with Gasteiger partial charge in [0, 0.05) is 0 Å². The summed E-state index contributed by atoms with van der Waals surface area (Å²) in [6, 6.07) is 0. The Balaban J connectivity index is 5.65. The number of rotatable bonds is 69. The van der Waals surface area contributed by atoms with Crippen LogP contribution in [-0.2, 0) is 0 Å². The van der Waals surface area contributed by atoms with Gasteiger partial charge in [0.05, 0.1) is 12.2 Å². The van der Waals surface area contributed by atoms with Crippen LogP contribution in [0, 0.1) is 0 Å². The molecule has 0 saturated heterocycles. The predicted octanol–water partition coefficient (Wildman–Crippen LogP) is 23.6. The maximum atomic E-state index is 12.6. The van der Waals surface area contributed by atoms with Crippen LogP contribution in [0.1, 0.15) is 413 Å². The molecule has 0 aliphatic heterocycles. The van der Waals surface area contributed by atoms with Crippen LogP contribution in [0.2, 0.25) is 0 Å². The van der Waals surface area contributed by atoms with E-state index in [1.807, 2.05) is 0 Å². The van der Waals surface area contributed by atoms with E-state index >= 15 is 0 Å². The van der Waals surface area contributed by atoms with E-state index in [2.05, 4.69) is 76.3 Å². The van der Waals surface area contributed by atoms with E-state index in [1.165, 1.54) is 218 Å². The Labute approximate surface area is 525 Å². The molecule has 0 saturated carbocycles. The maximum Gasteiger partial charge on any atom is 0.119 e. The van der Waals surface area contributed by atoms with E-state index in [9.17, 15) is 30.6 Å². The van der Waals surface area contributed by atoms with E-state index in [0.29, 0.717) is 25.7 Å². The molecule has 0 heterocycles. The molecule has 6 heteroatoms. The zero-order chi connectivity index (χ0) is 61.4. The Kier molecular flexibility index (Phi) is 63.7. The number of allylic oxidation sites excluding steroid dienone is 8. The molecule has 0 spiro atoms. The van der Waals surface area contributed by atoms with Crippen LogP contribution in [0.4, 0.5) is 0 Å². The zero-order valence-electron chi connectivity index (χ0n) is 57.0. The van der Waals surface area contributed by atoms with Crippen LogP contribution in [-0.4, -0.2) is 66.3 Å². The number of aliphatic hydroxyl groups excluding tert-OH is 4. The number of hydrogen-bond donors (Lipinski definition) is 6. The molecule has 0 aromatic rings. The van der Waals surface area contributed by atoms with E-state index in [1.54, 1.807) is 0 Å². The molecule has 0 aromatic carbocycles. The Bertz CT molecular complexity index is 1300. The van der Waals surface area contributed by atoms with Gasteiger partial charge in [-0.15, -0.1) is 0 Å². The largest absolute Gasteiger partial charge is 0.390 e. The van der Waals surface area contributed by atoms with Crippen LogP contribution < -0.4 is 0 Å². The van der Waals surface area contributed by atoms with Crippen LogP contribution in [0.15, 0.2) is 48.6 Å². The third kappa shape index (κ3) is 50.6. The molecule has 2 unspecified atom stereocenters. The summed E-state index contributed by atoms with van der Waals surface area (Å²) in [6.07, 6.45) is 79.3. The normalized spacial score (nSPS) is 15.3. The van der Waals surface area contributed by atoms with Gasteiger partial charge in [-0.2, -0.15) is 0 Å². The summed E-state index contributed by atoms with van der Waals surface area (Å²) in [5.41, 5.74) is -4.02. The van der Waals surface area contributed by atoms with Crippen molar-refractivity contribution < 1.29 is 30.6 Å². The van der Waals surface area contributed by atoms with Gasteiger partial charge in [0.25, 0.3) is 0 Å². The summed E-state index contributed by atoms with van der Waals surface area (Å²) in [4.78, 5) is 0. The molecule has 0 amide bonds. The van der Waals surface area contributed by atoms with E-state index in [-0.39, 0.29) is 12.8 Å². The van der Waals surface area contributed by atoms with Gasteiger partial charge in [-0.3, -0.25) is 0 Å². The maximum absolute atomic E-state index is 12.6. The lowest BCUT2D eigenvalue weighted by atomic mass is 9.73. The minimum atomic E-state index is -2.01. The molecule has 0 aliphatic rings. The van der Waals surface area contributed by atoms with Crippen molar-refractivity contribution in [2.24, 2.45) is 0 Å². The van der Waals surface area contributed by atoms with Crippen molar-refractivity contribution in [1.29, 1.82) is 0 Å². The summed E-state index contributed by atoms with van der Waals surface area (Å²) in [6.45, 7) is 9.08. The lowest BCUT2D eigenvalue weighted by molar-refractivity contribution is -0.238. The predicted molar refractivity (Wildman–Crippen MR) is 370 cm³/mol. The number of hydrogen-bond acceptors (Lipinski definition) is 6. The fourth-order valence-electron chi connectivity index (χ4n) is 12.6. The van der Waals surface area contributed by atoms with Crippen molar-refractivity contribution in [3.63, 3.8) is 0 Å². The van der Waals surface area contributed by atoms with Gasteiger partial charge in [0.2, 0.25) is 0 Å². The van der Waals surface area contributed by atoms with Crippen molar-refractivity contribution in [3.8, 4) is 0 Å². The van der Waals surface area contributed by atoms with E-state index < -0.39 is 35.6 Å². The lowest BCUT2D eigenvalue weighted by Crippen LogP contribution is -2.65. The summed E-state index contributed by atoms with van der Waals surface area (Å²) >= 11 is 0. The first-order valence-electron chi connectivity index (χ1n) is 37.9. The van der Waals surface area contributed by atoms with Crippen LogP contribution in [0.3, 0.4) is 0 Å². The molecule has 0 rings (SSSR count). The van der Waals surface area contributed by atoms with Crippen molar-refractivity contribution in [3.05, 3.63) is 48.6 Å². The van der Waals surface area contributed by atoms with Crippen molar-refractivity contribution in [1.82, 2.24) is 0 Å². The fraction of sp³-hybridized carbons (Fsp3) is 0.897. The van der Waals surface area contributed by atoms with Gasteiger partial charge in [-0.05, 0) is 128 Å². The molecule has 498 valence electrons. The first kappa shape index (κ1) is 82.7. The molecule has 0 fully saturated rings. The minimum Gasteiger partial charge on any atom is -0.390 e. The van der Waals surface area contributed by atoms with Crippen molar-refractivity contribution >= 4 is 0 Å². The highest BCUT2D eigenvalue weighted by atomic mass is 16.4. The zero-order valence-corrected chi connectivity index (χ0v) is 57.0. The van der Waals surface area contributed by atoms with Gasteiger partial charge in [0.15, 0.2) is 0 Å². The average Bonchev–Trinajstić information content (AvgIpc) is 2.49. The standard InChI is InChI=1S/C78H150O6/c1-5-9-13-17-21-25-29-33-37-41-45-49-53-57-61-65-69-73(79)77(83,71-67-63-59-55-51-47-43-39-35-31-27-23-19-15-11-7-3)75(81)76(82)78(84,72-68-64-60-56-52-48-44-40-36-32-28-24-20-16-12-8-4)74(80)70-66-62-58-54-50-46-42-38-34-30-26-22-18-14-10-6-2/h33-40,73-76,79-84H,5-32,41-72H2,1-4H3/b37-33-,38-34-,39-35-,40-36-/t73?,74?,75-,76-,77+,78+/m0/s1. The summed E-state index contributed by atoms with van der Waals surface area (Å²) < 4.78 is 0. The molecule has 6 N–H and O–H groups in total. The molecule has 0 aliphatic carbocycles. The topological polar surface area (TPSA) is 121 Å². The summed E-state index contributed by atoms with van der Waals surface area (Å²) in [7, 11) is 0. The highest BCUT2D eigenvalue weighted by molar-refractivity contribution is 5.05. The van der Waals surface area contributed by atoms with E-state index in [4.69, 9.17) is 0 Å². The molecular formula is C78H150O6. The number of unbranched alkanes of at least 4 members (excludes halogenated alkanes) is 48. The first-order valence-corrected chi connectivity index (χ1v) is 37.9. The Morgan fingerprint density at radius 2 is 0.369 bits per heavy atom. The second-order valence-electron chi connectivity index (χ2n) is 26.7. The highest BCUT2D eigenvalue weighted by Gasteiger charge is 2.53. The average molecular weight is 1180 g/mol. The molecule has 0 radical (unpaired) electrons. The highest BCUT2D eigenvalue weighted by Crippen LogP contribution is 2.36. The minimum absolute atomic E-state index is 0.134. The monoisotopic (exact) mass is 1180 g/mol. The summed E-state index contributed by atoms with van der Waals surface area (Å²) in [5, 5.41) is 73.5. The SMILES string of the molecule is CCCCCCCC/C=C\CCCCCCCCC(O)[C@](O)(CCCCCCCC/C=C\CCCCCCCC)[C@@H](O)[C@H](O)[C@@](O)(CCCCCCCC/C=C\CCCCCCCC)C(O)CCCCCCCC/C=C\CCCCCCCC. The molecule has 0 bridgehead atoms. The number of aliphatic hydroxyl groups is 6. The molecule has 0 aromatic heterocycles. The Morgan fingerprint density at radius 1 is 0.214 bits per heavy atom. The van der Waals surface area contributed by atoms with E-state index in [0.717, 1.165) is 128 Å². The quantitative estimate of drug-likeness (QED) is 0.0267. The van der Waals surface area contributed by atoms with Gasteiger partial charge in [0.1, 0.15) is 23.4 Å². The van der Waals surface area contributed by atoms with Gasteiger partial charge < -0.3 is 30.6 Å². The summed E-state index contributed by atoms with van der Waals surface area (Å²) in [5.74, 6) is 0. The Hall–Kier alpha value is -1.28. The van der Waals surface area contributed by atoms with Crippen LogP contribution >= 0.6 is 0 Å². The van der Waals surface area contributed by atoms with Crippen molar-refractivity contribution in [2.75, 3.05) is 0 Å². The molecular weight excluding hydrogens is 1030 g/mol. The Morgan fingerprint density at radius 3 is 0.560 bits per heavy atom. The second kappa shape index (κ2) is 64.7. The molecule has 6 atom stereocenters. The lowest BCUT2D eigenvalue weighted by Gasteiger charge is -2.46.